The molecule has 3 rings (SSSR count). The number of hydrogen-bond donors (Lipinski definition) is 2. The van der Waals surface area contributed by atoms with Gasteiger partial charge in [0.05, 0.1) is 12.6 Å². The zero-order valence-electron chi connectivity index (χ0n) is 18.8. The summed E-state index contributed by atoms with van der Waals surface area (Å²) < 4.78 is 7.34. The van der Waals surface area contributed by atoms with Gasteiger partial charge >= 0.3 is 0 Å². The molecule has 1 saturated heterocycles. The van der Waals surface area contributed by atoms with Gasteiger partial charge in [0, 0.05) is 18.7 Å². The van der Waals surface area contributed by atoms with Crippen molar-refractivity contribution in [2.75, 3.05) is 25.4 Å². The van der Waals surface area contributed by atoms with Crippen molar-refractivity contribution in [3.05, 3.63) is 29.8 Å². The Kier molecular flexibility index (Phi) is 7.77. The molecule has 1 aromatic heterocycles. The fraction of sp³-hybridized carbons (Fsp3) is 0.458. The van der Waals surface area contributed by atoms with Crippen LogP contribution in [0.3, 0.4) is 0 Å². The van der Waals surface area contributed by atoms with Crippen LogP contribution in [-0.2, 0) is 4.79 Å². The van der Waals surface area contributed by atoms with Crippen LogP contribution in [-0.4, -0.2) is 46.2 Å². The molecule has 2 amide bonds. The van der Waals surface area contributed by atoms with E-state index in [0.29, 0.717) is 31.8 Å². The number of anilines is 1. The first-order chi connectivity index (χ1) is 15.5. The molecule has 8 heteroatoms. The van der Waals surface area contributed by atoms with Crippen LogP contribution in [0.1, 0.15) is 62.4 Å². The normalized spacial score (nSPS) is 16.4. The lowest BCUT2D eigenvalue weighted by Gasteiger charge is -2.27. The molecule has 0 spiro atoms. The Balaban J connectivity index is 1.89. The summed E-state index contributed by atoms with van der Waals surface area (Å²) in [4.78, 5) is 26.3. The van der Waals surface area contributed by atoms with E-state index in [9.17, 15) is 9.59 Å². The number of rotatable bonds is 6. The maximum atomic E-state index is 12.3. The molecule has 0 unspecified atom stereocenters. The average Bonchev–Trinajstić information content (AvgIpc) is 3.10. The molecule has 32 heavy (non-hydrogen) atoms. The molecule has 170 valence electrons. The van der Waals surface area contributed by atoms with Crippen LogP contribution >= 0.6 is 0 Å². The van der Waals surface area contributed by atoms with Gasteiger partial charge in [0.25, 0.3) is 11.8 Å². The third-order valence-electron chi connectivity index (χ3n) is 5.61. The molecule has 8 nitrogen and oxygen atoms in total. The second-order valence-corrected chi connectivity index (χ2v) is 7.90. The summed E-state index contributed by atoms with van der Waals surface area (Å²) in [6, 6.07) is 7.36. The molecule has 2 aromatic rings. The van der Waals surface area contributed by atoms with Crippen molar-refractivity contribution in [3.8, 4) is 28.8 Å². The number of aromatic nitrogens is 2. The topological polar surface area (TPSA) is 116 Å². The summed E-state index contributed by atoms with van der Waals surface area (Å²) in [5.41, 5.74) is 13.5. The Morgan fingerprint density at radius 2 is 1.94 bits per heavy atom. The van der Waals surface area contributed by atoms with E-state index < -0.39 is 5.91 Å². The van der Waals surface area contributed by atoms with Gasteiger partial charge < -0.3 is 21.1 Å². The molecule has 0 bridgehead atoms. The van der Waals surface area contributed by atoms with Crippen molar-refractivity contribution >= 4 is 17.6 Å². The van der Waals surface area contributed by atoms with Gasteiger partial charge in [-0.05, 0) is 69.2 Å². The smallest absolute Gasteiger partial charge is 0.298 e. The Morgan fingerprint density at radius 1 is 1.19 bits per heavy atom. The molecule has 1 fully saturated rings. The second kappa shape index (κ2) is 10.7. The van der Waals surface area contributed by atoms with Gasteiger partial charge in [0.2, 0.25) is 0 Å². The predicted octanol–water partition coefficient (Wildman–Crippen LogP) is 2.99. The van der Waals surface area contributed by atoms with Crippen molar-refractivity contribution in [1.29, 1.82) is 0 Å². The minimum absolute atomic E-state index is 0.0424. The molecular weight excluding hydrogens is 406 g/mol. The monoisotopic (exact) mass is 437 g/mol. The maximum Gasteiger partial charge on any atom is 0.298 e. The highest BCUT2D eigenvalue weighted by molar-refractivity contribution is 6.03. The van der Waals surface area contributed by atoms with Crippen LogP contribution in [0.15, 0.2) is 24.3 Å². The van der Waals surface area contributed by atoms with Gasteiger partial charge in [0.1, 0.15) is 22.8 Å². The predicted molar refractivity (Wildman–Crippen MR) is 124 cm³/mol. The Morgan fingerprint density at radius 3 is 2.59 bits per heavy atom. The first kappa shape index (κ1) is 23.2. The summed E-state index contributed by atoms with van der Waals surface area (Å²) in [7, 11) is 0. The number of nitrogens with two attached hydrogens (primary N) is 2. The van der Waals surface area contributed by atoms with Gasteiger partial charge in [-0.2, -0.15) is 5.10 Å². The summed E-state index contributed by atoms with van der Waals surface area (Å²) in [5.74, 6) is 5.52. The van der Waals surface area contributed by atoms with Crippen LogP contribution in [0.5, 0.6) is 5.75 Å². The van der Waals surface area contributed by atoms with Crippen molar-refractivity contribution < 1.29 is 14.3 Å². The zero-order valence-corrected chi connectivity index (χ0v) is 18.8. The van der Waals surface area contributed by atoms with Crippen molar-refractivity contribution in [2.45, 2.75) is 52.0 Å². The zero-order chi connectivity index (χ0) is 23.1. The first-order valence-corrected chi connectivity index (χ1v) is 11.1. The molecule has 0 aliphatic carbocycles. The molecular formula is C24H31N5O3. The summed E-state index contributed by atoms with van der Waals surface area (Å²) in [6.45, 7) is 5.59. The number of nitrogen functional groups attached to an aromatic ring is 1. The molecule has 1 aromatic carbocycles. The van der Waals surface area contributed by atoms with E-state index in [1.165, 1.54) is 0 Å². The van der Waals surface area contributed by atoms with Gasteiger partial charge in [0.15, 0.2) is 0 Å². The minimum Gasteiger partial charge on any atom is -0.494 e. The van der Waals surface area contributed by atoms with Crippen molar-refractivity contribution in [2.24, 2.45) is 5.73 Å². The van der Waals surface area contributed by atoms with Crippen LogP contribution in [0.4, 0.5) is 5.82 Å². The quantitative estimate of drug-likeness (QED) is 0.674. The van der Waals surface area contributed by atoms with Crippen molar-refractivity contribution in [3.63, 3.8) is 0 Å². The van der Waals surface area contributed by atoms with E-state index in [2.05, 4.69) is 11.8 Å². The van der Waals surface area contributed by atoms with E-state index in [1.807, 2.05) is 31.2 Å². The average molecular weight is 438 g/mol. The molecule has 0 radical (unpaired) electrons. The van der Waals surface area contributed by atoms with Crippen molar-refractivity contribution in [1.82, 2.24) is 14.7 Å². The van der Waals surface area contributed by atoms with Gasteiger partial charge in [-0.25, -0.2) is 4.68 Å². The van der Waals surface area contributed by atoms with Gasteiger partial charge in [-0.1, -0.05) is 12.8 Å². The van der Waals surface area contributed by atoms with Gasteiger partial charge in [-0.3, -0.25) is 9.59 Å². The molecule has 1 aliphatic rings. The van der Waals surface area contributed by atoms with E-state index in [-0.39, 0.29) is 23.3 Å². The van der Waals surface area contributed by atoms with Gasteiger partial charge in [-0.15, -0.1) is 0 Å². The van der Waals surface area contributed by atoms with E-state index in [0.717, 1.165) is 37.0 Å². The van der Waals surface area contributed by atoms with Crippen LogP contribution in [0.25, 0.3) is 11.3 Å². The summed E-state index contributed by atoms with van der Waals surface area (Å²) >= 11 is 0. The maximum absolute atomic E-state index is 12.3. The summed E-state index contributed by atoms with van der Waals surface area (Å²) in [5, 5.41) is 4.71. The Bertz CT molecular complexity index is 1020. The van der Waals surface area contributed by atoms with Crippen LogP contribution in [0.2, 0.25) is 0 Å². The molecule has 0 saturated carbocycles. The van der Waals surface area contributed by atoms with E-state index in [4.69, 9.17) is 21.3 Å². The van der Waals surface area contributed by atoms with E-state index >= 15 is 0 Å². The lowest BCUT2D eigenvalue weighted by molar-refractivity contribution is -0.125. The number of carbonyl (C=O) groups excluding carboxylic acids is 2. The molecule has 1 aliphatic heterocycles. The number of amides is 2. The largest absolute Gasteiger partial charge is 0.494 e. The third kappa shape index (κ3) is 5.22. The number of ether oxygens (including phenoxy) is 1. The molecule has 2 heterocycles. The number of primary amides is 1. The number of nitrogens with zero attached hydrogens (tertiary/aromatic N) is 3. The number of benzene rings is 1. The van der Waals surface area contributed by atoms with E-state index in [1.54, 1.807) is 16.5 Å². The molecule has 1 atom stereocenters. The lowest BCUT2D eigenvalue weighted by atomic mass is 10.0. The fourth-order valence-corrected chi connectivity index (χ4v) is 3.98. The lowest BCUT2D eigenvalue weighted by Crippen LogP contribution is -2.35. The number of hydrogen-bond acceptors (Lipinski definition) is 5. The number of likely N-dealkylation sites (tertiary alicyclic amines) is 1. The highest BCUT2D eigenvalue weighted by Gasteiger charge is 2.27. The Hall–Kier alpha value is -3.47. The number of carbonyl (C=O) groups is 2. The molecule has 4 N–H and O–H groups in total. The van der Waals surface area contributed by atoms with Crippen LogP contribution < -0.4 is 16.2 Å². The van der Waals surface area contributed by atoms with Crippen LogP contribution in [0, 0.1) is 11.8 Å². The second-order valence-electron chi connectivity index (χ2n) is 7.90. The SMILES string of the molecule is CC#CC(=O)N1CCCC[C@H](n2nc(-c3ccc(OCCC)cc3)c(C(N)=O)c2N)CC1. The Labute approximate surface area is 188 Å². The third-order valence-corrected chi connectivity index (χ3v) is 5.61. The standard InChI is InChI=1S/C24H31N5O3/c1-3-7-20(30)28-14-6-5-8-18(13-15-28)29-23(25)21(24(26)31)22(27-29)17-9-11-19(12-10-17)32-16-4-2/h9-12,18H,4-6,8,13-16,25H2,1-2H3,(H2,26,31)/t18-/m0/s1. The minimum atomic E-state index is -0.615. The highest BCUT2D eigenvalue weighted by atomic mass is 16.5. The first-order valence-electron chi connectivity index (χ1n) is 11.1. The fourth-order valence-electron chi connectivity index (χ4n) is 3.98. The summed E-state index contributed by atoms with van der Waals surface area (Å²) in [6.07, 6.45) is 4.24. The highest BCUT2D eigenvalue weighted by Crippen LogP contribution is 2.33.